The van der Waals surface area contributed by atoms with Crippen molar-refractivity contribution in [1.82, 2.24) is 4.31 Å². The quantitative estimate of drug-likeness (QED) is 0.845. The number of hydrogen-bond donors (Lipinski definition) is 1. The van der Waals surface area contributed by atoms with Gasteiger partial charge in [-0.1, -0.05) is 11.8 Å². The summed E-state index contributed by atoms with van der Waals surface area (Å²) in [6, 6.07) is 6.66. The molecule has 0 aromatic heterocycles. The molecule has 0 radical (unpaired) electrons. The van der Waals surface area contributed by atoms with E-state index in [0.29, 0.717) is 5.56 Å². The van der Waals surface area contributed by atoms with Gasteiger partial charge in [0.25, 0.3) is 0 Å². The molecule has 6 heteroatoms. The second-order valence-electron chi connectivity index (χ2n) is 4.75. The lowest BCUT2D eigenvalue weighted by atomic mass is 10.1. The fourth-order valence-electron chi connectivity index (χ4n) is 1.78. The molecule has 0 amide bonds. The molecule has 0 fully saturated rings. The van der Waals surface area contributed by atoms with Crippen LogP contribution in [0.4, 0.5) is 0 Å². The first-order valence-electron chi connectivity index (χ1n) is 6.39. The summed E-state index contributed by atoms with van der Waals surface area (Å²) in [4.78, 5) is 0.169. The maximum Gasteiger partial charge on any atom is 0.242 e. The van der Waals surface area contributed by atoms with Crippen LogP contribution in [-0.4, -0.2) is 38.0 Å². The van der Waals surface area contributed by atoms with Crippen LogP contribution in [0.15, 0.2) is 23.1 Å². The van der Waals surface area contributed by atoms with Crippen LogP contribution in [0.2, 0.25) is 0 Å². The molecule has 0 aliphatic carbocycles. The minimum Gasteiger partial charge on any atom is -0.384 e. The summed E-state index contributed by atoms with van der Waals surface area (Å²) >= 11 is 0. The molecule has 0 heterocycles. The van der Waals surface area contributed by atoms with Gasteiger partial charge in [0.1, 0.15) is 6.61 Å². The molecular formula is C15H18N2O3S. The molecule has 5 nitrogen and oxygen atoms in total. The predicted octanol–water partition coefficient (Wildman–Crippen LogP) is 1.12. The maximum atomic E-state index is 12.4. The lowest BCUT2D eigenvalue weighted by Crippen LogP contribution is -2.30. The first-order chi connectivity index (χ1) is 9.82. The van der Waals surface area contributed by atoms with Gasteiger partial charge in [-0.2, -0.15) is 9.57 Å². The van der Waals surface area contributed by atoms with Gasteiger partial charge < -0.3 is 5.11 Å². The van der Waals surface area contributed by atoms with Gasteiger partial charge in [0.05, 0.1) is 16.9 Å². The summed E-state index contributed by atoms with van der Waals surface area (Å²) in [5, 5.41) is 17.5. The van der Waals surface area contributed by atoms with E-state index < -0.39 is 10.0 Å². The Morgan fingerprint density at radius 3 is 2.62 bits per heavy atom. The smallest absolute Gasteiger partial charge is 0.242 e. The highest BCUT2D eigenvalue weighted by Gasteiger charge is 2.22. The maximum absolute atomic E-state index is 12.4. The van der Waals surface area contributed by atoms with Gasteiger partial charge >= 0.3 is 0 Å². The van der Waals surface area contributed by atoms with Crippen molar-refractivity contribution in [2.24, 2.45) is 5.92 Å². The molecule has 0 aliphatic heterocycles. The van der Waals surface area contributed by atoms with Gasteiger partial charge in [0.15, 0.2) is 0 Å². The van der Waals surface area contributed by atoms with Crippen LogP contribution in [0.3, 0.4) is 0 Å². The zero-order chi connectivity index (χ0) is 16.0. The van der Waals surface area contributed by atoms with Crippen molar-refractivity contribution in [1.29, 1.82) is 5.26 Å². The summed E-state index contributed by atoms with van der Waals surface area (Å²) in [6.45, 7) is 3.33. The molecular weight excluding hydrogens is 288 g/mol. The highest BCUT2D eigenvalue weighted by atomic mass is 32.2. The summed E-state index contributed by atoms with van der Waals surface area (Å²) in [7, 11) is -2.16. The third-order valence-corrected chi connectivity index (χ3v) is 4.78. The molecule has 1 atom stereocenters. The van der Waals surface area contributed by atoms with E-state index in [0.717, 1.165) is 5.56 Å². The van der Waals surface area contributed by atoms with Gasteiger partial charge in [-0.15, -0.1) is 0 Å². The Balaban J connectivity index is 3.10. The van der Waals surface area contributed by atoms with Gasteiger partial charge in [-0.25, -0.2) is 8.42 Å². The Morgan fingerprint density at radius 1 is 1.43 bits per heavy atom. The van der Waals surface area contributed by atoms with Crippen molar-refractivity contribution < 1.29 is 13.5 Å². The monoisotopic (exact) mass is 306 g/mol. The number of aliphatic hydroxyl groups excluding tert-OH is 1. The van der Waals surface area contributed by atoms with E-state index in [1.807, 2.05) is 6.07 Å². The highest BCUT2D eigenvalue weighted by Crippen LogP contribution is 2.19. The lowest BCUT2D eigenvalue weighted by Gasteiger charge is -2.18. The molecule has 0 spiro atoms. The van der Waals surface area contributed by atoms with Crippen LogP contribution >= 0.6 is 0 Å². The number of aryl methyl sites for hydroxylation is 1. The number of aliphatic hydroxyl groups is 1. The molecule has 1 rings (SSSR count). The molecule has 1 aromatic rings. The fraction of sp³-hybridized carbons (Fsp3) is 0.400. The van der Waals surface area contributed by atoms with Gasteiger partial charge in [-0.3, -0.25) is 0 Å². The SMILES string of the molecule is Cc1cc(S(=O)(=O)N(C)CC(C)C#N)ccc1C#CCO. The number of benzene rings is 1. The van der Waals surface area contributed by atoms with Crippen molar-refractivity contribution in [3.63, 3.8) is 0 Å². The number of hydrogen-bond acceptors (Lipinski definition) is 4. The molecule has 0 saturated carbocycles. The van der Waals surface area contributed by atoms with E-state index in [2.05, 4.69) is 11.8 Å². The second-order valence-corrected chi connectivity index (χ2v) is 6.80. The fourth-order valence-corrected chi connectivity index (χ4v) is 3.12. The number of rotatable bonds is 4. The zero-order valence-corrected chi connectivity index (χ0v) is 13.1. The number of sulfonamides is 1. The summed E-state index contributed by atoms with van der Waals surface area (Å²) < 4.78 is 26.0. The van der Waals surface area contributed by atoms with Gasteiger partial charge in [-0.05, 0) is 37.6 Å². The van der Waals surface area contributed by atoms with Crippen LogP contribution in [0.1, 0.15) is 18.1 Å². The molecule has 21 heavy (non-hydrogen) atoms. The number of nitriles is 1. The summed E-state index contributed by atoms with van der Waals surface area (Å²) in [5.41, 5.74) is 1.40. The Morgan fingerprint density at radius 2 is 2.10 bits per heavy atom. The molecule has 1 N–H and O–H groups in total. The highest BCUT2D eigenvalue weighted by molar-refractivity contribution is 7.89. The minimum absolute atomic E-state index is 0.143. The molecule has 112 valence electrons. The molecule has 0 saturated heterocycles. The van der Waals surface area contributed by atoms with Crippen molar-refractivity contribution in [2.45, 2.75) is 18.7 Å². The third kappa shape index (κ3) is 4.30. The Bertz CT molecular complexity index is 709. The second kappa shape index (κ2) is 7.24. The normalized spacial score (nSPS) is 12.4. The van der Waals surface area contributed by atoms with Crippen LogP contribution in [0, 0.1) is 36.0 Å². The first-order valence-corrected chi connectivity index (χ1v) is 7.83. The van der Waals surface area contributed by atoms with Gasteiger partial charge in [0, 0.05) is 19.2 Å². The average Bonchev–Trinajstić information content (AvgIpc) is 2.45. The van der Waals surface area contributed by atoms with Crippen LogP contribution in [-0.2, 0) is 10.0 Å². The summed E-state index contributed by atoms with van der Waals surface area (Å²) in [6.07, 6.45) is 0. The predicted molar refractivity (Wildman–Crippen MR) is 79.7 cm³/mol. The van der Waals surface area contributed by atoms with Crippen molar-refractivity contribution in [3.8, 4) is 17.9 Å². The Kier molecular flexibility index (Phi) is 5.92. The number of nitrogens with zero attached hydrogens (tertiary/aromatic N) is 2. The van der Waals surface area contributed by atoms with Crippen LogP contribution < -0.4 is 0 Å². The van der Waals surface area contributed by atoms with E-state index in [1.165, 1.54) is 17.4 Å². The van der Waals surface area contributed by atoms with E-state index >= 15 is 0 Å². The van der Waals surface area contributed by atoms with E-state index in [-0.39, 0.29) is 24.0 Å². The average molecular weight is 306 g/mol. The van der Waals surface area contributed by atoms with E-state index in [1.54, 1.807) is 26.0 Å². The van der Waals surface area contributed by atoms with Crippen molar-refractivity contribution >= 4 is 10.0 Å². The molecule has 0 bridgehead atoms. The van der Waals surface area contributed by atoms with E-state index in [4.69, 9.17) is 10.4 Å². The Hall–Kier alpha value is -1.86. The van der Waals surface area contributed by atoms with Gasteiger partial charge in [0.2, 0.25) is 10.0 Å². The zero-order valence-electron chi connectivity index (χ0n) is 12.3. The van der Waals surface area contributed by atoms with E-state index in [9.17, 15) is 8.42 Å². The Labute approximate surface area is 125 Å². The molecule has 0 aliphatic rings. The van der Waals surface area contributed by atoms with Crippen molar-refractivity contribution in [3.05, 3.63) is 29.3 Å². The standard InChI is InChI=1S/C15H18N2O3S/c1-12(10-16)11-17(3)21(19,20)15-7-6-14(5-4-8-18)13(2)9-15/h6-7,9,12,18H,8,11H2,1-3H3. The minimum atomic E-state index is -3.62. The van der Waals surface area contributed by atoms with Crippen molar-refractivity contribution in [2.75, 3.05) is 20.2 Å². The molecule has 1 unspecified atom stereocenters. The topological polar surface area (TPSA) is 81.4 Å². The first kappa shape index (κ1) is 17.2. The molecule has 1 aromatic carbocycles. The third-order valence-electron chi connectivity index (χ3n) is 2.96. The largest absolute Gasteiger partial charge is 0.384 e. The summed E-state index contributed by atoms with van der Waals surface area (Å²) in [5.74, 6) is 4.92. The lowest BCUT2D eigenvalue weighted by molar-refractivity contribution is 0.350. The van der Waals surface area contributed by atoms with Crippen LogP contribution in [0.25, 0.3) is 0 Å². The van der Waals surface area contributed by atoms with Crippen LogP contribution in [0.5, 0.6) is 0 Å².